The van der Waals surface area contributed by atoms with Gasteiger partial charge < -0.3 is 24.4 Å². The Morgan fingerprint density at radius 1 is 1.25 bits per heavy atom. The number of nitrogens with zero attached hydrogens (tertiary/aromatic N) is 3. The molecule has 1 fully saturated rings. The van der Waals surface area contributed by atoms with Gasteiger partial charge in [-0.25, -0.2) is 18.9 Å². The van der Waals surface area contributed by atoms with Gasteiger partial charge in [0.1, 0.15) is 29.5 Å². The van der Waals surface area contributed by atoms with Crippen molar-refractivity contribution in [2.45, 2.75) is 70.9 Å². The summed E-state index contributed by atoms with van der Waals surface area (Å²) >= 11 is 0. The Hall–Kier alpha value is -3.09. The molecular formula is C26H35FN5O7P. The van der Waals surface area contributed by atoms with E-state index in [1.165, 1.54) is 24.7 Å². The largest absolute Gasteiger partial charge is 0.462 e. The number of carbonyl (C=O) groups is 1. The van der Waals surface area contributed by atoms with Crippen molar-refractivity contribution < 1.29 is 37.4 Å². The number of fused-ring (bicyclic) bond motifs is 1. The van der Waals surface area contributed by atoms with Crippen molar-refractivity contribution >= 4 is 30.6 Å². The normalized spacial score (nSPS) is 25.1. The van der Waals surface area contributed by atoms with Crippen molar-refractivity contribution in [3.05, 3.63) is 48.9 Å². The second kappa shape index (κ2) is 12.2. The maximum Gasteiger partial charge on any atom is 0.459 e. The summed E-state index contributed by atoms with van der Waals surface area (Å²) in [5.74, 6) is -0.461. The van der Waals surface area contributed by atoms with Crippen LogP contribution in [0.15, 0.2) is 48.9 Å². The molecule has 2 aromatic heterocycles. The summed E-state index contributed by atoms with van der Waals surface area (Å²) in [6.07, 6.45) is -1.66. The van der Waals surface area contributed by atoms with Crippen LogP contribution in [0.4, 0.5) is 10.1 Å². The molecule has 1 aliphatic heterocycles. The van der Waals surface area contributed by atoms with E-state index in [0.29, 0.717) is 17.7 Å². The third kappa shape index (κ3) is 6.45. The van der Waals surface area contributed by atoms with Gasteiger partial charge in [-0.15, -0.1) is 0 Å². The number of imidazole rings is 1. The van der Waals surface area contributed by atoms with Crippen molar-refractivity contribution in [1.82, 2.24) is 19.6 Å². The Morgan fingerprint density at radius 2 is 1.98 bits per heavy atom. The van der Waals surface area contributed by atoms with Crippen molar-refractivity contribution in [2.75, 3.05) is 18.5 Å². The molecular weight excluding hydrogens is 544 g/mol. The predicted octanol–water partition coefficient (Wildman–Crippen LogP) is 3.98. The van der Waals surface area contributed by atoms with E-state index in [4.69, 9.17) is 18.5 Å². The monoisotopic (exact) mass is 579 g/mol. The van der Waals surface area contributed by atoms with Crippen LogP contribution in [-0.4, -0.2) is 68.8 Å². The van der Waals surface area contributed by atoms with Gasteiger partial charge in [0.25, 0.3) is 0 Å². The molecule has 3 heterocycles. The zero-order valence-corrected chi connectivity index (χ0v) is 23.9. The number of benzene rings is 1. The lowest BCUT2D eigenvalue weighted by atomic mass is 9.98. The van der Waals surface area contributed by atoms with Crippen molar-refractivity contribution in [1.29, 1.82) is 0 Å². The van der Waals surface area contributed by atoms with Gasteiger partial charge >= 0.3 is 13.7 Å². The number of halogens is 1. The first-order chi connectivity index (χ1) is 18.9. The highest BCUT2D eigenvalue weighted by atomic mass is 31.2. The number of aliphatic hydroxyl groups is 1. The van der Waals surface area contributed by atoms with E-state index in [-0.39, 0.29) is 5.75 Å². The molecule has 4 rings (SSSR count). The lowest BCUT2D eigenvalue weighted by Crippen LogP contribution is -2.41. The van der Waals surface area contributed by atoms with Crippen LogP contribution in [0.25, 0.3) is 11.2 Å². The number of anilines is 1. The van der Waals surface area contributed by atoms with Gasteiger partial charge in [-0.2, -0.15) is 5.09 Å². The summed E-state index contributed by atoms with van der Waals surface area (Å²) in [4.78, 5) is 21.1. The molecule has 40 heavy (non-hydrogen) atoms. The smallest absolute Gasteiger partial charge is 0.459 e. The highest BCUT2D eigenvalue weighted by Crippen LogP contribution is 2.48. The van der Waals surface area contributed by atoms with Gasteiger partial charge in [0, 0.05) is 12.7 Å². The average Bonchev–Trinajstić information content (AvgIpc) is 3.42. The van der Waals surface area contributed by atoms with Crippen molar-refractivity contribution in [3.8, 4) is 5.75 Å². The number of aliphatic hydroxyl groups excluding tert-OH is 1. The Kier molecular flexibility index (Phi) is 9.11. The van der Waals surface area contributed by atoms with Crippen LogP contribution in [0.1, 0.15) is 40.8 Å². The van der Waals surface area contributed by atoms with E-state index < -0.39 is 56.6 Å². The fraction of sp³-hybridized carbons (Fsp3) is 0.500. The quantitative estimate of drug-likeness (QED) is 0.212. The molecule has 0 unspecified atom stereocenters. The highest BCUT2D eigenvalue weighted by Gasteiger charge is 2.56. The Balaban J connectivity index is 1.54. The first kappa shape index (κ1) is 29.9. The van der Waals surface area contributed by atoms with Gasteiger partial charge in [0.2, 0.25) is 0 Å². The molecule has 0 spiro atoms. The molecule has 218 valence electrons. The summed E-state index contributed by atoms with van der Waals surface area (Å²) in [5, 5.41) is 16.6. The number of carbonyl (C=O) groups excluding carboxylic acids is 1. The summed E-state index contributed by atoms with van der Waals surface area (Å²) in [7, 11) is -4.25. The fourth-order valence-corrected chi connectivity index (χ4v) is 5.80. The predicted molar refractivity (Wildman–Crippen MR) is 146 cm³/mol. The van der Waals surface area contributed by atoms with E-state index in [0.717, 1.165) is 5.69 Å². The van der Waals surface area contributed by atoms with Crippen LogP contribution in [0, 0.1) is 0 Å². The number of ether oxygens (including phenoxy) is 2. The van der Waals surface area contributed by atoms with Crippen LogP contribution < -0.4 is 14.9 Å². The lowest BCUT2D eigenvalue weighted by Gasteiger charge is -2.25. The molecule has 0 amide bonds. The van der Waals surface area contributed by atoms with E-state index in [1.807, 2.05) is 6.92 Å². The molecule has 6 atom stereocenters. The minimum atomic E-state index is -4.25. The minimum absolute atomic E-state index is 0.205. The first-order valence-electron chi connectivity index (χ1n) is 13.0. The number of hydrogen-bond donors (Lipinski definition) is 3. The van der Waals surface area contributed by atoms with Crippen molar-refractivity contribution in [2.24, 2.45) is 0 Å². The van der Waals surface area contributed by atoms with E-state index in [1.54, 1.807) is 56.4 Å². The van der Waals surface area contributed by atoms with Gasteiger partial charge in [0.15, 0.2) is 17.5 Å². The van der Waals surface area contributed by atoms with Crippen LogP contribution in [0.5, 0.6) is 5.75 Å². The maximum absolute atomic E-state index is 16.0. The van der Waals surface area contributed by atoms with Crippen LogP contribution >= 0.6 is 7.75 Å². The average molecular weight is 580 g/mol. The summed E-state index contributed by atoms with van der Waals surface area (Å²) in [5.41, 5.74) is -0.687. The zero-order chi connectivity index (χ0) is 29.1. The van der Waals surface area contributed by atoms with Gasteiger partial charge in [-0.05, 0) is 52.8 Å². The molecule has 0 bridgehead atoms. The Morgan fingerprint density at radius 3 is 2.65 bits per heavy atom. The zero-order valence-electron chi connectivity index (χ0n) is 23.0. The van der Waals surface area contributed by atoms with E-state index >= 15 is 4.39 Å². The molecule has 3 aromatic rings. The number of aromatic nitrogens is 3. The molecule has 1 aromatic carbocycles. The third-order valence-electron chi connectivity index (χ3n) is 6.23. The fourth-order valence-electron chi connectivity index (χ4n) is 4.29. The molecule has 12 nitrogen and oxygen atoms in total. The summed E-state index contributed by atoms with van der Waals surface area (Å²) < 4.78 is 53.5. The second-order valence-corrected chi connectivity index (χ2v) is 11.6. The second-order valence-electron chi connectivity index (χ2n) is 9.87. The molecule has 0 saturated carbocycles. The number of hydrogen-bond acceptors (Lipinski definition) is 10. The number of nitrogens with one attached hydrogen (secondary N) is 2. The molecule has 0 radical (unpaired) electrons. The Labute approximate surface area is 231 Å². The van der Waals surface area contributed by atoms with Crippen LogP contribution in [0.3, 0.4) is 0 Å². The summed E-state index contributed by atoms with van der Waals surface area (Å²) in [6, 6.07) is 8.89. The molecule has 1 saturated heterocycles. The third-order valence-corrected chi connectivity index (χ3v) is 7.88. The van der Waals surface area contributed by atoms with Crippen molar-refractivity contribution in [3.63, 3.8) is 0 Å². The number of para-hydroxylation sites is 1. The Bertz CT molecular complexity index is 1360. The standard InChI is InChI=1S/C26H35FN5O7P/c1-6-28-19-12-13-29-23-21(19)30-15-32(23)25-26(5,27)22(33)20(38-25)14-36-40(35,39-18-10-8-7-9-11-18)31-17(4)24(34)37-16(2)3/h7-13,15-17,20,22,25,33H,6,14H2,1-5H3,(H,28,29)(H,31,35)/t17-,20-,22-,25-,26-,40+/m1/s1. The summed E-state index contributed by atoms with van der Waals surface area (Å²) in [6.45, 7) is 8.08. The molecule has 3 N–H and O–H groups in total. The van der Waals surface area contributed by atoms with Crippen LogP contribution in [0.2, 0.25) is 0 Å². The number of rotatable bonds is 12. The number of alkyl halides is 1. The van der Waals surface area contributed by atoms with E-state index in [9.17, 15) is 14.5 Å². The van der Waals surface area contributed by atoms with E-state index in [2.05, 4.69) is 20.4 Å². The molecule has 14 heteroatoms. The minimum Gasteiger partial charge on any atom is -0.462 e. The maximum atomic E-state index is 16.0. The lowest BCUT2D eigenvalue weighted by molar-refractivity contribution is -0.149. The first-order valence-corrected chi connectivity index (χ1v) is 14.5. The van der Waals surface area contributed by atoms with Gasteiger partial charge in [0.05, 0.1) is 24.7 Å². The highest BCUT2D eigenvalue weighted by molar-refractivity contribution is 7.52. The van der Waals surface area contributed by atoms with Gasteiger partial charge in [-0.1, -0.05) is 18.2 Å². The SMILES string of the molecule is CCNc1ccnc2c1ncn2[C@@H]1O[C@H](CO[P@@](=O)(N[C@H](C)C(=O)OC(C)C)Oc2ccccc2)[C@@H](O)[C@@]1(C)F. The molecule has 1 aliphatic rings. The number of pyridine rings is 1. The number of esters is 1. The van der Waals surface area contributed by atoms with Crippen LogP contribution in [-0.2, 0) is 23.4 Å². The van der Waals surface area contributed by atoms with Gasteiger partial charge in [-0.3, -0.25) is 13.9 Å². The molecule has 0 aliphatic carbocycles. The topological polar surface area (TPSA) is 146 Å².